The van der Waals surface area contributed by atoms with Gasteiger partial charge in [-0.3, -0.25) is 14.8 Å². The molecular formula is C27H39N5O. The zero-order valence-electron chi connectivity index (χ0n) is 20.5. The first kappa shape index (κ1) is 22.4. The van der Waals surface area contributed by atoms with E-state index in [1.54, 1.807) is 0 Å². The molecule has 3 aromatic rings. The number of morpholine rings is 1. The molecule has 2 fully saturated rings. The van der Waals surface area contributed by atoms with Crippen molar-refractivity contribution in [3.8, 4) is 11.3 Å². The highest BCUT2D eigenvalue weighted by Gasteiger charge is 2.20. The molecule has 0 atom stereocenters. The number of benzene rings is 1. The fraction of sp³-hybridized carbons (Fsp3) is 0.519. The second-order valence-electron chi connectivity index (χ2n) is 9.82. The van der Waals surface area contributed by atoms with Crippen LogP contribution in [0.2, 0.25) is 0 Å². The molecule has 0 amide bonds. The van der Waals surface area contributed by atoms with Gasteiger partial charge >= 0.3 is 0 Å². The van der Waals surface area contributed by atoms with Crippen LogP contribution < -0.4 is 4.90 Å². The van der Waals surface area contributed by atoms with Gasteiger partial charge in [0.05, 0.1) is 18.9 Å². The van der Waals surface area contributed by atoms with Crippen molar-refractivity contribution in [3.63, 3.8) is 0 Å². The van der Waals surface area contributed by atoms with Crippen LogP contribution in [0, 0.1) is 13.8 Å². The Morgan fingerprint density at radius 3 is 2.36 bits per heavy atom. The first-order chi connectivity index (χ1) is 16.0. The van der Waals surface area contributed by atoms with E-state index in [2.05, 4.69) is 77.7 Å². The van der Waals surface area contributed by atoms with Crippen molar-refractivity contribution < 1.29 is 6.16 Å². The van der Waals surface area contributed by atoms with Crippen LogP contribution in [0.1, 0.15) is 32.2 Å². The van der Waals surface area contributed by atoms with Crippen LogP contribution in [0.15, 0.2) is 30.3 Å². The van der Waals surface area contributed by atoms with Gasteiger partial charge in [0, 0.05) is 86.8 Å². The number of aryl methyl sites for hydroxylation is 2. The van der Waals surface area contributed by atoms with Gasteiger partial charge in [0.15, 0.2) is 0 Å². The number of H-pyrrole nitrogens is 1. The third-order valence-corrected chi connectivity index (χ3v) is 7.30. The van der Waals surface area contributed by atoms with Crippen LogP contribution in [-0.2, 0) is 11.3 Å². The molecule has 6 nitrogen and oxygen atoms in total. The molecule has 0 spiro atoms. The number of hydrogen-bond donors (Lipinski definition) is 1. The molecule has 5 rings (SSSR count). The summed E-state index contributed by atoms with van der Waals surface area (Å²) in [4.78, 5) is 16.2. The topological polar surface area (TPSA) is 47.6 Å². The average molecular weight is 450 g/mol. The van der Waals surface area contributed by atoms with Gasteiger partial charge in [0.25, 0.3) is 0 Å². The number of piperazine rings is 1. The highest BCUT2D eigenvalue weighted by molar-refractivity contribution is 5.96. The Labute approximate surface area is 199 Å². The summed E-state index contributed by atoms with van der Waals surface area (Å²) in [6.45, 7) is 17.9. The molecule has 2 aliphatic rings. The van der Waals surface area contributed by atoms with Gasteiger partial charge in [-0.2, -0.15) is 0 Å². The summed E-state index contributed by atoms with van der Waals surface area (Å²) in [5, 5.41) is 1.25. The average Bonchev–Trinajstić information content (AvgIpc) is 3.14. The van der Waals surface area contributed by atoms with E-state index in [0.717, 1.165) is 70.4 Å². The molecule has 33 heavy (non-hydrogen) atoms. The summed E-state index contributed by atoms with van der Waals surface area (Å²) in [7, 11) is 0. The number of ether oxygens (including phenoxy) is 1. The number of fused-ring (bicyclic) bond motifs is 1. The van der Waals surface area contributed by atoms with Crippen molar-refractivity contribution in [3.05, 3.63) is 47.3 Å². The summed E-state index contributed by atoms with van der Waals surface area (Å²) < 4.78 is 5.52. The van der Waals surface area contributed by atoms with Crippen LogP contribution in [0.5, 0.6) is 0 Å². The molecule has 1 aromatic carbocycles. The van der Waals surface area contributed by atoms with Crippen molar-refractivity contribution >= 4 is 16.6 Å². The minimum atomic E-state index is 0. The number of aromatic amines is 1. The van der Waals surface area contributed by atoms with E-state index in [1.807, 2.05) is 0 Å². The second kappa shape index (κ2) is 9.45. The Morgan fingerprint density at radius 1 is 1.00 bits per heavy atom. The van der Waals surface area contributed by atoms with Gasteiger partial charge in [-0.05, 0) is 51.5 Å². The zero-order valence-corrected chi connectivity index (χ0v) is 20.5. The Hall–Kier alpha value is -2.41. The molecule has 0 radical (unpaired) electrons. The summed E-state index contributed by atoms with van der Waals surface area (Å²) in [6.07, 6.45) is 0. The molecule has 0 bridgehead atoms. The molecule has 178 valence electrons. The van der Waals surface area contributed by atoms with Crippen LogP contribution in [0.4, 0.5) is 5.69 Å². The van der Waals surface area contributed by atoms with E-state index < -0.39 is 0 Å². The predicted molar refractivity (Wildman–Crippen MR) is 138 cm³/mol. The Bertz CT molecular complexity index is 1100. The normalized spacial score (nSPS) is 18.5. The molecule has 2 aromatic heterocycles. The highest BCUT2D eigenvalue weighted by Crippen LogP contribution is 2.33. The Morgan fingerprint density at radius 2 is 1.70 bits per heavy atom. The second-order valence-corrected chi connectivity index (χ2v) is 9.82. The van der Waals surface area contributed by atoms with E-state index >= 15 is 0 Å². The molecule has 2 saturated heterocycles. The number of nitrogens with zero attached hydrogens (tertiary/aromatic N) is 4. The largest absolute Gasteiger partial charge is 0.379 e. The number of pyridine rings is 1. The SMILES string of the molecule is Cc1cc2[nH]c(CN3CCOCC3)c(C)c2c(-c2ccc(N3CCN(C(C)C)CC3)cc2)n1.[HH]. The predicted octanol–water partition coefficient (Wildman–Crippen LogP) is 4.46. The standard InChI is InChI=1S/C27H37N5O.H2/c1-19(2)31-9-11-32(12-10-31)23-7-5-22(6-8-23)27-26-21(4)25(18-30-13-15-33-16-14-30)29-24(26)17-20(3)28-27;/h5-8,17,19,29H,9-16,18H2,1-4H3;1H. The molecule has 0 unspecified atom stereocenters. The number of hydrogen-bond acceptors (Lipinski definition) is 5. The molecular weight excluding hydrogens is 410 g/mol. The summed E-state index contributed by atoms with van der Waals surface area (Å²) in [5.74, 6) is 0. The third kappa shape index (κ3) is 4.65. The molecule has 1 N–H and O–H groups in total. The maximum Gasteiger partial charge on any atom is 0.0801 e. The lowest BCUT2D eigenvalue weighted by Gasteiger charge is -2.38. The quantitative estimate of drug-likeness (QED) is 0.623. The first-order valence-electron chi connectivity index (χ1n) is 12.4. The van der Waals surface area contributed by atoms with Crippen LogP contribution in [0.3, 0.4) is 0 Å². The minimum Gasteiger partial charge on any atom is -0.379 e. The van der Waals surface area contributed by atoms with Crippen molar-refractivity contribution in [1.82, 2.24) is 19.8 Å². The smallest absolute Gasteiger partial charge is 0.0801 e. The zero-order chi connectivity index (χ0) is 22.9. The van der Waals surface area contributed by atoms with Crippen LogP contribution >= 0.6 is 0 Å². The Balaban J connectivity index is 0.00000274. The number of rotatable bonds is 5. The van der Waals surface area contributed by atoms with Crippen molar-refractivity contribution in [1.29, 1.82) is 0 Å². The van der Waals surface area contributed by atoms with Gasteiger partial charge in [-0.1, -0.05) is 12.1 Å². The van der Waals surface area contributed by atoms with E-state index in [-0.39, 0.29) is 1.43 Å². The molecule has 0 aliphatic carbocycles. The lowest BCUT2D eigenvalue weighted by molar-refractivity contribution is 0.0336. The molecule has 0 saturated carbocycles. The van der Waals surface area contributed by atoms with E-state index in [0.29, 0.717) is 6.04 Å². The van der Waals surface area contributed by atoms with E-state index in [4.69, 9.17) is 9.72 Å². The maximum absolute atomic E-state index is 5.52. The van der Waals surface area contributed by atoms with Crippen LogP contribution in [-0.4, -0.2) is 78.3 Å². The summed E-state index contributed by atoms with van der Waals surface area (Å²) in [5.41, 5.74) is 8.42. The number of aromatic nitrogens is 2. The first-order valence-corrected chi connectivity index (χ1v) is 12.4. The molecule has 2 aliphatic heterocycles. The monoisotopic (exact) mass is 449 g/mol. The highest BCUT2D eigenvalue weighted by atomic mass is 16.5. The van der Waals surface area contributed by atoms with Gasteiger partial charge < -0.3 is 14.6 Å². The fourth-order valence-electron chi connectivity index (χ4n) is 5.24. The lowest BCUT2D eigenvalue weighted by Crippen LogP contribution is -2.48. The van der Waals surface area contributed by atoms with E-state index in [1.165, 1.54) is 33.4 Å². The molecule has 6 heteroatoms. The summed E-state index contributed by atoms with van der Waals surface area (Å²) >= 11 is 0. The van der Waals surface area contributed by atoms with Crippen molar-refractivity contribution in [2.24, 2.45) is 0 Å². The minimum absolute atomic E-state index is 0. The van der Waals surface area contributed by atoms with Gasteiger partial charge in [0.1, 0.15) is 0 Å². The maximum atomic E-state index is 5.52. The molecule has 4 heterocycles. The van der Waals surface area contributed by atoms with Crippen molar-refractivity contribution in [2.75, 3.05) is 57.4 Å². The van der Waals surface area contributed by atoms with Gasteiger partial charge in [0.2, 0.25) is 0 Å². The van der Waals surface area contributed by atoms with Crippen LogP contribution in [0.25, 0.3) is 22.2 Å². The fourth-order valence-corrected chi connectivity index (χ4v) is 5.24. The third-order valence-electron chi connectivity index (χ3n) is 7.30. The number of anilines is 1. The van der Waals surface area contributed by atoms with Gasteiger partial charge in [-0.25, -0.2) is 0 Å². The van der Waals surface area contributed by atoms with Gasteiger partial charge in [-0.15, -0.1) is 0 Å². The lowest BCUT2D eigenvalue weighted by atomic mass is 10.0. The van der Waals surface area contributed by atoms with Crippen molar-refractivity contribution in [2.45, 2.75) is 40.3 Å². The summed E-state index contributed by atoms with van der Waals surface area (Å²) in [6, 6.07) is 11.8. The Kier molecular flexibility index (Phi) is 6.41. The number of nitrogens with one attached hydrogen (secondary N) is 1. The van der Waals surface area contributed by atoms with E-state index in [9.17, 15) is 0 Å².